The molecule has 0 radical (unpaired) electrons. The van der Waals surface area contributed by atoms with Gasteiger partial charge in [0, 0.05) is 18.8 Å². The third kappa shape index (κ3) is 7.50. The van der Waals surface area contributed by atoms with Gasteiger partial charge in [0.25, 0.3) is 0 Å². The fourth-order valence-electron chi connectivity index (χ4n) is 2.93. The Bertz CT molecular complexity index is 764. The molecule has 0 aromatic heterocycles. The number of nitrogens with two attached hydrogens (primary N) is 2. The molecule has 1 atom stereocenters. The van der Waals surface area contributed by atoms with Gasteiger partial charge in [0.15, 0.2) is 0 Å². The van der Waals surface area contributed by atoms with Gasteiger partial charge in [0.1, 0.15) is 11.8 Å². The van der Waals surface area contributed by atoms with Crippen molar-refractivity contribution in [2.24, 2.45) is 10.9 Å². The second-order valence-corrected chi connectivity index (χ2v) is 6.82. The highest BCUT2D eigenvalue weighted by molar-refractivity contribution is 5.40. The fraction of sp³-hybridized carbons (Fsp3) is 0.364. The molecule has 4 N–H and O–H groups in total. The van der Waals surface area contributed by atoms with Crippen molar-refractivity contribution >= 4 is 5.69 Å². The van der Waals surface area contributed by atoms with E-state index in [9.17, 15) is 4.91 Å². The molecule has 2 aromatic rings. The first-order chi connectivity index (χ1) is 13.6. The van der Waals surface area contributed by atoms with Gasteiger partial charge in [-0.15, -0.1) is 0 Å². The number of anilines is 1. The van der Waals surface area contributed by atoms with Crippen molar-refractivity contribution in [2.75, 3.05) is 32.5 Å². The van der Waals surface area contributed by atoms with E-state index in [4.69, 9.17) is 16.2 Å². The lowest BCUT2D eigenvalue weighted by Gasteiger charge is -2.14. The third-order valence-corrected chi connectivity index (χ3v) is 4.35. The summed E-state index contributed by atoms with van der Waals surface area (Å²) < 4.78 is 5.78. The Kier molecular flexibility index (Phi) is 9.18. The van der Waals surface area contributed by atoms with Gasteiger partial charge < -0.3 is 16.2 Å². The topological polar surface area (TPSA) is 93.9 Å². The zero-order valence-corrected chi connectivity index (χ0v) is 16.5. The molecule has 0 heterocycles. The Morgan fingerprint density at radius 2 is 2.00 bits per heavy atom. The minimum Gasteiger partial charge on any atom is -0.493 e. The predicted molar refractivity (Wildman–Crippen MR) is 115 cm³/mol. The van der Waals surface area contributed by atoms with E-state index in [1.165, 1.54) is 5.56 Å². The Morgan fingerprint density at radius 1 is 1.18 bits per heavy atom. The van der Waals surface area contributed by atoms with Crippen LogP contribution in [0, 0.1) is 4.91 Å². The lowest BCUT2D eigenvalue weighted by atomic mass is 10.0. The van der Waals surface area contributed by atoms with E-state index in [0.717, 1.165) is 36.5 Å². The predicted octanol–water partition coefficient (Wildman–Crippen LogP) is 3.88. The van der Waals surface area contributed by atoms with Crippen LogP contribution in [0.4, 0.5) is 5.69 Å². The highest BCUT2D eigenvalue weighted by Gasteiger charge is 2.11. The van der Waals surface area contributed by atoms with Gasteiger partial charge >= 0.3 is 0 Å². The summed E-state index contributed by atoms with van der Waals surface area (Å²) in [4.78, 5) is 13.2. The van der Waals surface area contributed by atoms with Crippen LogP contribution >= 0.6 is 0 Å². The highest BCUT2D eigenvalue weighted by Crippen LogP contribution is 2.24. The van der Waals surface area contributed by atoms with Crippen LogP contribution in [0.3, 0.4) is 0 Å². The number of nitrogen functional groups attached to an aromatic ring is 1. The van der Waals surface area contributed by atoms with Crippen molar-refractivity contribution in [3.8, 4) is 5.75 Å². The smallest absolute Gasteiger partial charge is 0.119 e. The van der Waals surface area contributed by atoms with Crippen molar-refractivity contribution in [3.05, 3.63) is 76.7 Å². The summed E-state index contributed by atoms with van der Waals surface area (Å²) in [5.74, 6) is 0.746. The van der Waals surface area contributed by atoms with Crippen LogP contribution in [0.5, 0.6) is 5.75 Å². The second-order valence-electron chi connectivity index (χ2n) is 6.82. The summed E-state index contributed by atoms with van der Waals surface area (Å²) >= 11 is 0. The van der Waals surface area contributed by atoms with E-state index in [1.807, 2.05) is 42.5 Å². The van der Waals surface area contributed by atoms with Gasteiger partial charge in [-0.1, -0.05) is 41.6 Å². The monoisotopic (exact) mass is 382 g/mol. The zero-order valence-electron chi connectivity index (χ0n) is 16.5. The number of benzene rings is 2. The Morgan fingerprint density at radius 3 is 2.75 bits per heavy atom. The van der Waals surface area contributed by atoms with Gasteiger partial charge in [0.2, 0.25) is 0 Å². The van der Waals surface area contributed by atoms with Crippen molar-refractivity contribution in [1.82, 2.24) is 4.90 Å². The summed E-state index contributed by atoms with van der Waals surface area (Å²) in [5, 5.41) is 3.15. The van der Waals surface area contributed by atoms with E-state index in [1.54, 1.807) is 0 Å². The summed E-state index contributed by atoms with van der Waals surface area (Å²) in [5.41, 5.74) is 14.2. The number of hydrogen-bond donors (Lipinski definition) is 2. The molecular formula is C22H30N4O2. The summed E-state index contributed by atoms with van der Waals surface area (Å²) in [7, 11) is 2.08. The number of nitroso groups, excluding NO2 is 1. The van der Waals surface area contributed by atoms with Crippen LogP contribution in [-0.4, -0.2) is 31.6 Å². The number of rotatable bonds is 12. The number of likely N-dealkylation sites (N-methyl/N-ethyl adjacent to an activating group) is 1. The maximum absolute atomic E-state index is 11.0. The minimum absolute atomic E-state index is 0.413. The van der Waals surface area contributed by atoms with Gasteiger partial charge in [-0.05, 0) is 61.8 Å². The second kappa shape index (κ2) is 11.9. The SMILES string of the molecule is CN(C/C=C/CCOc1cccc(C(CCN)N=O)c1)Cc1cccc(N)c1. The number of ether oxygens (including phenoxy) is 1. The quantitative estimate of drug-likeness (QED) is 0.251. The molecule has 2 aromatic carbocycles. The van der Waals surface area contributed by atoms with Crippen LogP contribution in [0.2, 0.25) is 0 Å². The van der Waals surface area contributed by atoms with Crippen LogP contribution in [-0.2, 0) is 6.54 Å². The summed E-state index contributed by atoms with van der Waals surface area (Å²) in [6.45, 7) is 2.72. The average Bonchev–Trinajstić information content (AvgIpc) is 2.69. The van der Waals surface area contributed by atoms with Gasteiger partial charge in [-0.2, -0.15) is 4.91 Å². The molecule has 0 saturated heterocycles. The molecule has 0 aliphatic heterocycles. The van der Waals surface area contributed by atoms with Crippen molar-refractivity contribution in [2.45, 2.75) is 25.4 Å². The number of nitrogens with zero attached hydrogens (tertiary/aromatic N) is 2. The molecule has 6 heteroatoms. The van der Waals surface area contributed by atoms with Gasteiger partial charge in [0.05, 0.1) is 6.61 Å². The van der Waals surface area contributed by atoms with Crippen molar-refractivity contribution in [1.29, 1.82) is 0 Å². The molecule has 150 valence electrons. The first-order valence-corrected chi connectivity index (χ1v) is 9.55. The normalized spacial score (nSPS) is 12.4. The van der Waals surface area contributed by atoms with Crippen LogP contribution in [0.15, 0.2) is 65.9 Å². The molecular weight excluding hydrogens is 352 g/mol. The highest BCUT2D eigenvalue weighted by atomic mass is 16.5. The zero-order chi connectivity index (χ0) is 20.2. The Balaban J connectivity index is 1.71. The third-order valence-electron chi connectivity index (χ3n) is 4.35. The maximum atomic E-state index is 11.0. The first-order valence-electron chi connectivity index (χ1n) is 9.55. The summed E-state index contributed by atoms with van der Waals surface area (Å²) in [6, 6.07) is 15.0. The molecule has 0 saturated carbocycles. The molecule has 0 bridgehead atoms. The van der Waals surface area contributed by atoms with Crippen LogP contribution in [0.1, 0.15) is 30.0 Å². The molecule has 0 aliphatic carbocycles. The van der Waals surface area contributed by atoms with E-state index in [2.05, 4.69) is 35.3 Å². The van der Waals surface area contributed by atoms with E-state index in [-0.39, 0.29) is 0 Å². The Labute approximate surface area is 167 Å². The molecule has 1 unspecified atom stereocenters. The lowest BCUT2D eigenvalue weighted by molar-refractivity contribution is 0.323. The molecule has 6 nitrogen and oxygen atoms in total. The molecule has 0 spiro atoms. The van der Waals surface area contributed by atoms with Crippen molar-refractivity contribution < 1.29 is 4.74 Å². The van der Waals surface area contributed by atoms with Crippen LogP contribution in [0.25, 0.3) is 0 Å². The standard InChI is InChI=1S/C22H30N4O2/c1-26(17-18-7-5-9-20(24)15-18)13-3-2-4-14-28-21-10-6-8-19(16-21)22(25-27)11-12-23/h2-3,5-10,15-16,22H,4,11-14,17,23-24H2,1H3/b3-2+. The fourth-order valence-corrected chi connectivity index (χ4v) is 2.93. The van der Waals surface area contributed by atoms with E-state index < -0.39 is 6.04 Å². The minimum atomic E-state index is -0.413. The van der Waals surface area contributed by atoms with E-state index in [0.29, 0.717) is 19.6 Å². The molecule has 0 amide bonds. The van der Waals surface area contributed by atoms with Gasteiger partial charge in [-0.25, -0.2) is 0 Å². The largest absolute Gasteiger partial charge is 0.493 e. The molecule has 0 aliphatic rings. The van der Waals surface area contributed by atoms with Crippen LogP contribution < -0.4 is 16.2 Å². The van der Waals surface area contributed by atoms with Gasteiger partial charge in [-0.3, -0.25) is 4.90 Å². The molecule has 28 heavy (non-hydrogen) atoms. The molecule has 2 rings (SSSR count). The average molecular weight is 383 g/mol. The van der Waals surface area contributed by atoms with Crippen molar-refractivity contribution in [3.63, 3.8) is 0 Å². The van der Waals surface area contributed by atoms with E-state index >= 15 is 0 Å². The molecule has 0 fully saturated rings. The maximum Gasteiger partial charge on any atom is 0.119 e. The lowest BCUT2D eigenvalue weighted by Crippen LogP contribution is -2.17. The Hall–Kier alpha value is -2.70. The summed E-state index contributed by atoms with van der Waals surface area (Å²) in [6.07, 6.45) is 5.61. The number of hydrogen-bond acceptors (Lipinski definition) is 6. The first kappa shape index (κ1) is 21.6.